The monoisotopic (exact) mass is 298 g/mol. The molecule has 4 rings (SSSR count). The highest BCUT2D eigenvalue weighted by Crippen LogP contribution is 2.42. The predicted octanol–water partition coefficient (Wildman–Crippen LogP) is 1.94. The quantitative estimate of drug-likeness (QED) is 0.785. The van der Waals surface area contributed by atoms with Crippen molar-refractivity contribution in [3.05, 3.63) is 24.7 Å². The fraction of sp³-hybridized carbons (Fsp3) is 0.286. The zero-order valence-electron chi connectivity index (χ0n) is 11.9. The third-order valence-corrected chi connectivity index (χ3v) is 3.52. The molecule has 0 bridgehead atoms. The summed E-state index contributed by atoms with van der Waals surface area (Å²) in [5.41, 5.74) is 6.50. The highest BCUT2D eigenvalue weighted by atomic mass is 16.5. The summed E-state index contributed by atoms with van der Waals surface area (Å²) < 4.78 is 12.9. The predicted molar refractivity (Wildman–Crippen MR) is 78.9 cm³/mol. The molecular formula is C14H14N6O2. The molecule has 22 heavy (non-hydrogen) atoms. The molecule has 3 heterocycles. The van der Waals surface area contributed by atoms with E-state index < -0.39 is 0 Å². The molecule has 0 spiro atoms. The Morgan fingerprint density at radius 1 is 1.27 bits per heavy atom. The molecule has 0 amide bonds. The fourth-order valence-electron chi connectivity index (χ4n) is 2.27. The highest BCUT2D eigenvalue weighted by molar-refractivity contribution is 5.90. The summed E-state index contributed by atoms with van der Waals surface area (Å²) in [6.07, 6.45) is 5.13. The third-order valence-electron chi connectivity index (χ3n) is 3.52. The van der Waals surface area contributed by atoms with Crippen LogP contribution in [0, 0.1) is 0 Å². The third kappa shape index (κ3) is 2.09. The SMILES string of the molecule is COc1ccnc(Oc2c3c(N)ncnc3nn2C2CC2)c1. The Labute approximate surface area is 125 Å². The first-order valence-corrected chi connectivity index (χ1v) is 6.93. The number of pyridine rings is 1. The van der Waals surface area contributed by atoms with Crippen molar-refractivity contribution in [2.45, 2.75) is 18.9 Å². The van der Waals surface area contributed by atoms with E-state index in [2.05, 4.69) is 20.1 Å². The van der Waals surface area contributed by atoms with E-state index >= 15 is 0 Å². The van der Waals surface area contributed by atoms with Gasteiger partial charge in [-0.3, -0.25) is 0 Å². The van der Waals surface area contributed by atoms with Crippen LogP contribution in [0.3, 0.4) is 0 Å². The van der Waals surface area contributed by atoms with Crippen molar-refractivity contribution in [1.82, 2.24) is 24.7 Å². The second-order valence-electron chi connectivity index (χ2n) is 5.07. The van der Waals surface area contributed by atoms with E-state index in [1.54, 1.807) is 25.4 Å². The zero-order valence-corrected chi connectivity index (χ0v) is 11.9. The molecule has 2 N–H and O–H groups in total. The topological polar surface area (TPSA) is 101 Å². The van der Waals surface area contributed by atoms with Crippen LogP contribution in [0.2, 0.25) is 0 Å². The van der Waals surface area contributed by atoms with Crippen LogP contribution in [0.25, 0.3) is 11.0 Å². The van der Waals surface area contributed by atoms with Crippen LogP contribution >= 0.6 is 0 Å². The first-order chi connectivity index (χ1) is 10.8. The number of hydrogen-bond donors (Lipinski definition) is 1. The van der Waals surface area contributed by atoms with E-state index in [-0.39, 0.29) is 0 Å². The number of hydrogen-bond acceptors (Lipinski definition) is 7. The largest absolute Gasteiger partial charge is 0.497 e. The number of nitrogen functional groups attached to an aromatic ring is 1. The molecule has 1 aliphatic rings. The number of anilines is 1. The Bertz CT molecular complexity index is 842. The first kappa shape index (κ1) is 12.8. The van der Waals surface area contributed by atoms with Gasteiger partial charge in [0.25, 0.3) is 0 Å². The summed E-state index contributed by atoms with van der Waals surface area (Å²) in [5.74, 6) is 1.94. The molecule has 8 nitrogen and oxygen atoms in total. The van der Waals surface area contributed by atoms with E-state index in [1.165, 1.54) is 6.33 Å². The van der Waals surface area contributed by atoms with Gasteiger partial charge in [-0.1, -0.05) is 0 Å². The lowest BCUT2D eigenvalue weighted by atomic mass is 10.4. The molecule has 3 aromatic heterocycles. The van der Waals surface area contributed by atoms with Crippen molar-refractivity contribution in [2.24, 2.45) is 0 Å². The van der Waals surface area contributed by atoms with Gasteiger partial charge < -0.3 is 15.2 Å². The lowest BCUT2D eigenvalue weighted by Crippen LogP contribution is -2.01. The molecule has 0 aromatic carbocycles. The van der Waals surface area contributed by atoms with Crippen molar-refractivity contribution in [3.8, 4) is 17.5 Å². The number of methoxy groups -OCH3 is 1. The van der Waals surface area contributed by atoms with Crippen LogP contribution in [0.15, 0.2) is 24.7 Å². The molecule has 0 saturated heterocycles. The normalized spacial score (nSPS) is 14.2. The van der Waals surface area contributed by atoms with Crippen molar-refractivity contribution >= 4 is 16.9 Å². The van der Waals surface area contributed by atoms with Crippen molar-refractivity contribution in [2.75, 3.05) is 12.8 Å². The van der Waals surface area contributed by atoms with Crippen LogP contribution in [-0.4, -0.2) is 31.8 Å². The van der Waals surface area contributed by atoms with E-state index in [0.29, 0.717) is 40.4 Å². The maximum Gasteiger partial charge on any atom is 0.233 e. The van der Waals surface area contributed by atoms with Gasteiger partial charge in [0, 0.05) is 12.3 Å². The highest BCUT2D eigenvalue weighted by Gasteiger charge is 2.30. The zero-order chi connectivity index (χ0) is 15.1. The molecule has 1 saturated carbocycles. The van der Waals surface area contributed by atoms with Gasteiger partial charge in [-0.05, 0) is 18.9 Å². The van der Waals surface area contributed by atoms with Crippen LogP contribution in [0.1, 0.15) is 18.9 Å². The Morgan fingerprint density at radius 3 is 2.91 bits per heavy atom. The average Bonchev–Trinajstić information content (AvgIpc) is 3.31. The van der Waals surface area contributed by atoms with Gasteiger partial charge in [-0.25, -0.2) is 19.6 Å². The minimum absolute atomic E-state index is 0.314. The van der Waals surface area contributed by atoms with Gasteiger partial charge in [0.15, 0.2) is 5.65 Å². The second-order valence-corrected chi connectivity index (χ2v) is 5.07. The van der Waals surface area contributed by atoms with E-state index in [9.17, 15) is 0 Å². The second kappa shape index (κ2) is 4.83. The maximum atomic E-state index is 5.97. The van der Waals surface area contributed by atoms with Gasteiger partial charge in [-0.2, -0.15) is 0 Å². The van der Waals surface area contributed by atoms with Gasteiger partial charge in [0.05, 0.1) is 13.2 Å². The standard InChI is InChI=1S/C14H14N6O2/c1-21-9-4-5-16-10(6-9)22-14-11-12(15)17-7-18-13(11)19-20(14)8-2-3-8/h4-8H,2-3H2,1H3,(H2,15,17,18,19). The molecule has 1 aliphatic carbocycles. The van der Waals surface area contributed by atoms with Crippen LogP contribution in [0.5, 0.6) is 17.5 Å². The Morgan fingerprint density at radius 2 is 2.14 bits per heavy atom. The summed E-state index contributed by atoms with van der Waals surface area (Å²) in [4.78, 5) is 12.4. The molecule has 1 fully saturated rings. The van der Waals surface area contributed by atoms with Gasteiger partial charge >= 0.3 is 0 Å². The van der Waals surface area contributed by atoms with Crippen molar-refractivity contribution in [3.63, 3.8) is 0 Å². The Kier molecular flexibility index (Phi) is 2.81. The van der Waals surface area contributed by atoms with Gasteiger partial charge in [0.1, 0.15) is 23.3 Å². The van der Waals surface area contributed by atoms with Gasteiger partial charge in [0.2, 0.25) is 11.8 Å². The average molecular weight is 298 g/mol. The fourth-order valence-corrected chi connectivity index (χ4v) is 2.27. The Hall–Kier alpha value is -2.90. The van der Waals surface area contributed by atoms with Crippen LogP contribution in [0.4, 0.5) is 5.82 Å². The molecule has 3 aromatic rings. The first-order valence-electron chi connectivity index (χ1n) is 6.93. The van der Waals surface area contributed by atoms with Crippen LogP contribution < -0.4 is 15.2 Å². The molecule has 0 radical (unpaired) electrons. The van der Waals surface area contributed by atoms with Crippen LogP contribution in [-0.2, 0) is 0 Å². The molecule has 0 aliphatic heterocycles. The molecule has 112 valence electrons. The maximum absolute atomic E-state index is 5.97. The van der Waals surface area contributed by atoms with E-state index in [1.807, 2.05) is 4.68 Å². The summed E-state index contributed by atoms with van der Waals surface area (Å²) in [5, 5.41) is 5.09. The number of aromatic nitrogens is 5. The molecule has 8 heteroatoms. The minimum atomic E-state index is 0.314. The van der Waals surface area contributed by atoms with Gasteiger partial charge in [-0.15, -0.1) is 5.10 Å². The number of fused-ring (bicyclic) bond motifs is 1. The number of rotatable bonds is 4. The van der Waals surface area contributed by atoms with Crippen molar-refractivity contribution < 1.29 is 9.47 Å². The smallest absolute Gasteiger partial charge is 0.233 e. The van der Waals surface area contributed by atoms with E-state index in [0.717, 1.165) is 12.8 Å². The number of ether oxygens (including phenoxy) is 2. The summed E-state index contributed by atoms with van der Waals surface area (Å²) >= 11 is 0. The number of nitrogens with two attached hydrogens (primary N) is 1. The summed E-state index contributed by atoms with van der Waals surface area (Å²) in [6.45, 7) is 0. The molecular weight excluding hydrogens is 284 g/mol. The molecule has 0 atom stereocenters. The lowest BCUT2D eigenvalue weighted by molar-refractivity contribution is 0.388. The number of nitrogens with zero attached hydrogens (tertiary/aromatic N) is 5. The van der Waals surface area contributed by atoms with Crippen molar-refractivity contribution in [1.29, 1.82) is 0 Å². The molecule has 0 unspecified atom stereocenters. The minimum Gasteiger partial charge on any atom is -0.497 e. The lowest BCUT2D eigenvalue weighted by Gasteiger charge is -2.08. The Balaban J connectivity index is 1.83. The van der Waals surface area contributed by atoms with E-state index in [4.69, 9.17) is 15.2 Å². The summed E-state index contributed by atoms with van der Waals surface area (Å²) in [7, 11) is 1.59. The summed E-state index contributed by atoms with van der Waals surface area (Å²) in [6, 6.07) is 3.77.